The SMILES string of the molecule is Cc1cc(Nc2nc(N[C@@H]3C[C@H]4CCC[C@@H](C3)N4CCC#N)c3cccnc3c2C#N)n[nH]1. The third kappa shape index (κ3) is 4.20. The van der Waals surface area contributed by atoms with Gasteiger partial charge in [0.25, 0.3) is 0 Å². The van der Waals surface area contributed by atoms with Gasteiger partial charge in [-0.05, 0) is 44.7 Å². The van der Waals surface area contributed by atoms with Crippen LogP contribution in [0.4, 0.5) is 17.5 Å². The number of nitrogens with one attached hydrogen (secondary N) is 3. The highest BCUT2D eigenvalue weighted by Crippen LogP contribution is 2.37. The Labute approximate surface area is 192 Å². The van der Waals surface area contributed by atoms with Crippen LogP contribution >= 0.6 is 0 Å². The van der Waals surface area contributed by atoms with Crippen LogP contribution in [-0.2, 0) is 0 Å². The molecule has 3 atom stereocenters. The van der Waals surface area contributed by atoms with E-state index < -0.39 is 0 Å². The van der Waals surface area contributed by atoms with Crippen molar-refractivity contribution in [2.45, 2.75) is 63.6 Å². The van der Waals surface area contributed by atoms with Crippen molar-refractivity contribution < 1.29 is 0 Å². The van der Waals surface area contributed by atoms with Crippen LogP contribution in [0.2, 0.25) is 0 Å². The summed E-state index contributed by atoms with van der Waals surface area (Å²) >= 11 is 0. The lowest BCUT2D eigenvalue weighted by Crippen LogP contribution is -2.55. The molecule has 2 aliphatic heterocycles. The Morgan fingerprint density at radius 1 is 1.21 bits per heavy atom. The van der Waals surface area contributed by atoms with Crippen molar-refractivity contribution in [2.24, 2.45) is 0 Å². The predicted octanol–water partition coefficient (Wildman–Crippen LogP) is 3.99. The second kappa shape index (κ2) is 9.05. The molecule has 9 heteroatoms. The van der Waals surface area contributed by atoms with E-state index in [1.165, 1.54) is 19.3 Å². The van der Waals surface area contributed by atoms with Crippen molar-refractivity contribution in [3.05, 3.63) is 35.7 Å². The maximum atomic E-state index is 9.87. The molecule has 2 fully saturated rings. The molecule has 5 heterocycles. The first-order valence-electron chi connectivity index (χ1n) is 11.5. The lowest BCUT2D eigenvalue weighted by Gasteiger charge is -2.49. The number of aromatic amines is 1. The summed E-state index contributed by atoms with van der Waals surface area (Å²) in [6.45, 7) is 2.78. The first-order valence-corrected chi connectivity index (χ1v) is 11.5. The van der Waals surface area contributed by atoms with Gasteiger partial charge in [-0.2, -0.15) is 15.6 Å². The van der Waals surface area contributed by atoms with Crippen molar-refractivity contribution in [2.75, 3.05) is 17.2 Å². The average Bonchev–Trinajstić information content (AvgIpc) is 3.22. The van der Waals surface area contributed by atoms with Crippen LogP contribution in [0.1, 0.15) is 49.8 Å². The summed E-state index contributed by atoms with van der Waals surface area (Å²) in [5.41, 5.74) is 1.95. The van der Waals surface area contributed by atoms with Gasteiger partial charge >= 0.3 is 0 Å². The second-order valence-corrected chi connectivity index (χ2v) is 8.95. The predicted molar refractivity (Wildman–Crippen MR) is 126 cm³/mol. The molecule has 168 valence electrons. The summed E-state index contributed by atoms with van der Waals surface area (Å²) in [5.74, 6) is 1.79. The van der Waals surface area contributed by atoms with Crippen LogP contribution in [0.3, 0.4) is 0 Å². The number of nitrogens with zero attached hydrogens (tertiary/aromatic N) is 6. The molecule has 0 aromatic carbocycles. The highest BCUT2D eigenvalue weighted by Gasteiger charge is 2.38. The van der Waals surface area contributed by atoms with E-state index in [-0.39, 0.29) is 6.04 Å². The largest absolute Gasteiger partial charge is 0.367 e. The third-order valence-corrected chi connectivity index (χ3v) is 6.77. The summed E-state index contributed by atoms with van der Waals surface area (Å²) in [4.78, 5) is 11.9. The standard InChI is InChI=1S/C24H27N9/c1-15-11-21(32-31-15)29-24-20(14-26)22-19(7-3-9-27-22)23(30-24)28-16-12-17-5-2-6-18(13-16)33(17)10-4-8-25/h3,7,9,11,16-18H,2,4-6,10,12-13H2,1H3,(H3,28,29,30,31,32)/t16-,17-,18+. The summed E-state index contributed by atoms with van der Waals surface area (Å²) < 4.78 is 0. The number of piperidine rings is 2. The highest BCUT2D eigenvalue weighted by molar-refractivity contribution is 5.96. The monoisotopic (exact) mass is 441 g/mol. The minimum absolute atomic E-state index is 0.281. The molecular formula is C24H27N9. The summed E-state index contributed by atoms with van der Waals surface area (Å²) in [5, 5.41) is 33.8. The van der Waals surface area contributed by atoms with Crippen LogP contribution < -0.4 is 10.6 Å². The van der Waals surface area contributed by atoms with E-state index in [2.05, 4.69) is 42.9 Å². The van der Waals surface area contributed by atoms with Gasteiger partial charge in [-0.3, -0.25) is 15.0 Å². The molecule has 5 rings (SSSR count). The van der Waals surface area contributed by atoms with Crippen LogP contribution in [0.15, 0.2) is 24.4 Å². The van der Waals surface area contributed by atoms with Gasteiger partial charge < -0.3 is 10.6 Å². The first kappa shape index (κ1) is 21.2. The van der Waals surface area contributed by atoms with Gasteiger partial charge in [0.1, 0.15) is 17.5 Å². The minimum atomic E-state index is 0.281. The Hall–Kier alpha value is -3.69. The third-order valence-electron chi connectivity index (χ3n) is 6.77. The van der Waals surface area contributed by atoms with E-state index in [4.69, 9.17) is 10.2 Å². The number of nitriles is 2. The normalized spacial score (nSPS) is 22.5. The number of anilines is 3. The van der Waals surface area contributed by atoms with Crippen molar-refractivity contribution in [1.82, 2.24) is 25.1 Å². The van der Waals surface area contributed by atoms with Gasteiger partial charge in [0, 0.05) is 54.4 Å². The number of aromatic nitrogens is 4. The maximum absolute atomic E-state index is 9.87. The fraction of sp³-hybridized carbons (Fsp3) is 0.458. The average molecular weight is 442 g/mol. The van der Waals surface area contributed by atoms with Gasteiger partial charge in [0.2, 0.25) is 0 Å². The molecule has 2 bridgehead atoms. The van der Waals surface area contributed by atoms with E-state index in [1.54, 1.807) is 6.20 Å². The van der Waals surface area contributed by atoms with Crippen molar-refractivity contribution in [1.29, 1.82) is 10.5 Å². The molecule has 33 heavy (non-hydrogen) atoms. The fourth-order valence-corrected chi connectivity index (χ4v) is 5.38. The molecule has 0 aliphatic carbocycles. The molecule has 3 aromatic heterocycles. The van der Waals surface area contributed by atoms with Gasteiger partial charge in [0.15, 0.2) is 11.6 Å². The Balaban J connectivity index is 1.46. The van der Waals surface area contributed by atoms with Crippen LogP contribution in [0, 0.1) is 29.6 Å². The van der Waals surface area contributed by atoms with E-state index in [9.17, 15) is 5.26 Å². The van der Waals surface area contributed by atoms with Gasteiger partial charge in [-0.15, -0.1) is 0 Å². The lowest BCUT2D eigenvalue weighted by atomic mass is 9.81. The van der Waals surface area contributed by atoms with Gasteiger partial charge in [-0.1, -0.05) is 6.42 Å². The van der Waals surface area contributed by atoms with Gasteiger partial charge in [0.05, 0.1) is 11.6 Å². The van der Waals surface area contributed by atoms with Crippen molar-refractivity contribution in [3.63, 3.8) is 0 Å². The Bertz CT molecular complexity index is 1220. The summed E-state index contributed by atoms with van der Waals surface area (Å²) in [7, 11) is 0. The van der Waals surface area contributed by atoms with Crippen LogP contribution in [-0.4, -0.2) is 49.7 Å². The number of rotatable bonds is 6. The zero-order chi connectivity index (χ0) is 22.8. The van der Waals surface area contributed by atoms with E-state index in [0.717, 1.165) is 36.3 Å². The number of hydrogen-bond donors (Lipinski definition) is 3. The molecule has 3 aromatic rings. The second-order valence-electron chi connectivity index (χ2n) is 8.95. The van der Waals surface area contributed by atoms with Crippen molar-refractivity contribution >= 4 is 28.4 Å². The highest BCUT2D eigenvalue weighted by atomic mass is 15.2. The molecule has 0 unspecified atom stereocenters. The quantitative estimate of drug-likeness (QED) is 0.524. The Morgan fingerprint density at radius 3 is 2.73 bits per heavy atom. The van der Waals surface area contributed by atoms with Crippen LogP contribution in [0.5, 0.6) is 0 Å². The molecule has 0 spiro atoms. The smallest absolute Gasteiger partial charge is 0.154 e. The fourth-order valence-electron chi connectivity index (χ4n) is 5.38. The van der Waals surface area contributed by atoms with E-state index in [1.807, 2.05) is 25.1 Å². The molecule has 0 amide bonds. The first-order chi connectivity index (χ1) is 16.2. The topological polar surface area (TPSA) is 129 Å². The molecule has 9 nitrogen and oxygen atoms in total. The molecule has 0 saturated carbocycles. The molecule has 3 N–H and O–H groups in total. The maximum Gasteiger partial charge on any atom is 0.154 e. The number of pyridine rings is 2. The summed E-state index contributed by atoms with van der Waals surface area (Å²) in [6, 6.07) is 11.5. The molecule has 0 radical (unpaired) electrons. The number of fused-ring (bicyclic) bond motifs is 3. The Kier molecular flexibility index (Phi) is 5.80. The van der Waals surface area contributed by atoms with Crippen molar-refractivity contribution in [3.8, 4) is 12.1 Å². The number of H-pyrrole nitrogens is 1. The zero-order valence-corrected chi connectivity index (χ0v) is 18.7. The molecule has 2 aliphatic rings. The molecular weight excluding hydrogens is 414 g/mol. The minimum Gasteiger partial charge on any atom is -0.367 e. The Morgan fingerprint density at radius 2 is 2.03 bits per heavy atom. The van der Waals surface area contributed by atoms with E-state index >= 15 is 0 Å². The zero-order valence-electron chi connectivity index (χ0n) is 18.7. The molecule has 2 saturated heterocycles. The lowest BCUT2D eigenvalue weighted by molar-refractivity contribution is 0.0370. The van der Waals surface area contributed by atoms with Crippen LogP contribution in [0.25, 0.3) is 10.9 Å². The summed E-state index contributed by atoms with van der Waals surface area (Å²) in [6.07, 6.45) is 7.93. The number of aryl methyl sites for hydroxylation is 1. The van der Waals surface area contributed by atoms with E-state index in [0.29, 0.717) is 41.2 Å². The van der Waals surface area contributed by atoms with Gasteiger partial charge in [-0.25, -0.2) is 4.98 Å². The number of hydrogen-bond acceptors (Lipinski definition) is 8.